The van der Waals surface area contributed by atoms with E-state index in [4.69, 9.17) is 10.2 Å². The van der Waals surface area contributed by atoms with Crippen molar-refractivity contribution in [2.24, 2.45) is 0 Å². The molecule has 0 aromatic heterocycles. The summed E-state index contributed by atoms with van der Waals surface area (Å²) in [7, 11) is 0. The van der Waals surface area contributed by atoms with E-state index in [0.717, 1.165) is 0 Å². The third-order valence-electron chi connectivity index (χ3n) is 1.40. The number of hydrogen-bond donors (Lipinski definition) is 2. The maximum absolute atomic E-state index is 8.88. The fourth-order valence-electron chi connectivity index (χ4n) is 0.873. The van der Waals surface area contributed by atoms with Crippen LogP contribution in [0.25, 0.3) is 0 Å². The van der Waals surface area contributed by atoms with Crippen molar-refractivity contribution < 1.29 is 10.2 Å². The van der Waals surface area contributed by atoms with E-state index in [1.807, 2.05) is 0 Å². The third kappa shape index (κ3) is 2.86. The number of rotatable bonds is 2. The van der Waals surface area contributed by atoms with Crippen molar-refractivity contribution in [3.05, 3.63) is 0 Å². The normalized spacial score (nSPS) is 34.2. The van der Waals surface area contributed by atoms with Gasteiger partial charge in [0.1, 0.15) is 0 Å². The van der Waals surface area contributed by atoms with Crippen molar-refractivity contribution in [3.63, 3.8) is 0 Å². The Hall–Kier alpha value is 1.50. The fraction of sp³-hybridized carbons (Fsp3) is 1.00. The average molecular weight is 371 g/mol. The molecule has 0 radical (unpaired) electrons. The molecule has 1 saturated heterocycles. The zero-order chi connectivity index (χ0) is 7.40. The standard InChI is InChI=1S/C6H12O2Te2/c7-1-5-3-9-4-6(2-8)10-5/h5-8H,1-4H2. The van der Waals surface area contributed by atoms with Gasteiger partial charge in [0.2, 0.25) is 0 Å². The van der Waals surface area contributed by atoms with Crippen LogP contribution in [0.2, 0.25) is 16.9 Å². The first-order valence-electron chi connectivity index (χ1n) is 3.31. The second-order valence-electron chi connectivity index (χ2n) is 2.28. The zero-order valence-corrected chi connectivity index (χ0v) is 10.4. The van der Waals surface area contributed by atoms with Crippen LogP contribution in [0.5, 0.6) is 0 Å². The summed E-state index contributed by atoms with van der Waals surface area (Å²) in [6.45, 7) is 0.785. The van der Waals surface area contributed by atoms with Crippen LogP contribution in [0.15, 0.2) is 0 Å². The topological polar surface area (TPSA) is 40.5 Å². The first kappa shape index (κ1) is 9.59. The number of aliphatic hydroxyl groups is 2. The van der Waals surface area contributed by atoms with Crippen molar-refractivity contribution in [3.8, 4) is 0 Å². The molecule has 1 rings (SSSR count). The molecule has 1 aliphatic rings. The summed E-state index contributed by atoms with van der Waals surface area (Å²) < 4.78 is 3.97. The van der Waals surface area contributed by atoms with Crippen LogP contribution in [0.4, 0.5) is 0 Å². The van der Waals surface area contributed by atoms with Gasteiger partial charge >= 0.3 is 82.1 Å². The molecule has 1 heterocycles. The van der Waals surface area contributed by atoms with Gasteiger partial charge in [-0.25, -0.2) is 0 Å². The van der Waals surface area contributed by atoms with Crippen molar-refractivity contribution >= 4 is 41.8 Å². The Labute approximate surface area is 81.6 Å². The summed E-state index contributed by atoms with van der Waals surface area (Å²) in [4.78, 5) is 0. The second-order valence-corrected chi connectivity index (χ2v) is 9.93. The van der Waals surface area contributed by atoms with E-state index in [9.17, 15) is 0 Å². The van der Waals surface area contributed by atoms with Crippen LogP contribution >= 0.6 is 0 Å². The fourth-order valence-corrected chi connectivity index (χ4v) is 12.6. The van der Waals surface area contributed by atoms with Crippen LogP contribution < -0.4 is 0 Å². The van der Waals surface area contributed by atoms with E-state index in [0.29, 0.717) is 21.1 Å². The minimum absolute atomic E-state index is 0.0553. The summed E-state index contributed by atoms with van der Waals surface area (Å²) in [5, 5.41) is 17.8. The summed E-state index contributed by atoms with van der Waals surface area (Å²) in [5.74, 6) is 0. The molecule has 2 N–H and O–H groups in total. The van der Waals surface area contributed by atoms with Gasteiger partial charge in [0.05, 0.1) is 0 Å². The van der Waals surface area contributed by atoms with E-state index in [2.05, 4.69) is 0 Å². The molecule has 1 aliphatic heterocycles. The molecule has 0 aromatic carbocycles. The Bertz CT molecular complexity index is 89.7. The molecule has 2 nitrogen and oxygen atoms in total. The van der Waals surface area contributed by atoms with E-state index >= 15 is 0 Å². The predicted octanol–water partition coefficient (Wildman–Crippen LogP) is -0.193. The molecular formula is C6H12O2Te2. The van der Waals surface area contributed by atoms with Crippen molar-refractivity contribution in [1.29, 1.82) is 0 Å². The van der Waals surface area contributed by atoms with Gasteiger partial charge in [0, 0.05) is 0 Å². The second kappa shape index (κ2) is 5.20. The Morgan fingerprint density at radius 2 is 1.60 bits per heavy atom. The molecule has 2 unspecified atom stereocenters. The monoisotopic (exact) mass is 376 g/mol. The van der Waals surface area contributed by atoms with Crippen molar-refractivity contribution in [2.75, 3.05) is 13.2 Å². The van der Waals surface area contributed by atoms with Gasteiger partial charge in [-0.3, -0.25) is 0 Å². The van der Waals surface area contributed by atoms with Crippen LogP contribution in [-0.4, -0.2) is 65.3 Å². The van der Waals surface area contributed by atoms with Gasteiger partial charge in [0.25, 0.3) is 0 Å². The van der Waals surface area contributed by atoms with Crippen LogP contribution in [-0.2, 0) is 0 Å². The SMILES string of the molecule is OCC1C[Te]CC(CO)[Te]1. The molecule has 4 heteroatoms. The summed E-state index contributed by atoms with van der Waals surface area (Å²) in [5.41, 5.74) is 0. The first-order valence-corrected chi connectivity index (χ1v) is 9.30. The van der Waals surface area contributed by atoms with Crippen LogP contribution in [0.1, 0.15) is 0 Å². The molecule has 1 fully saturated rings. The van der Waals surface area contributed by atoms with Gasteiger partial charge in [-0.1, -0.05) is 0 Å². The molecule has 0 aromatic rings. The van der Waals surface area contributed by atoms with E-state index in [1.54, 1.807) is 0 Å². The third-order valence-corrected chi connectivity index (χ3v) is 13.1. The van der Waals surface area contributed by atoms with Gasteiger partial charge in [-0.2, -0.15) is 0 Å². The van der Waals surface area contributed by atoms with Crippen LogP contribution in [0.3, 0.4) is 0 Å². The molecule has 10 heavy (non-hydrogen) atoms. The Balaban J connectivity index is 2.25. The molecular weight excluding hydrogens is 359 g/mol. The summed E-state index contributed by atoms with van der Waals surface area (Å²) in [6.07, 6.45) is 0. The molecule has 0 amide bonds. The zero-order valence-electron chi connectivity index (χ0n) is 5.69. The van der Waals surface area contributed by atoms with Gasteiger partial charge in [-0.15, -0.1) is 0 Å². The van der Waals surface area contributed by atoms with E-state index < -0.39 is 0 Å². The van der Waals surface area contributed by atoms with Crippen LogP contribution in [0, 0.1) is 0 Å². The minimum atomic E-state index is -0.0553. The first-order chi connectivity index (χ1) is 4.86. The van der Waals surface area contributed by atoms with Crippen molar-refractivity contribution in [2.45, 2.75) is 16.9 Å². The Kier molecular flexibility index (Phi) is 4.98. The van der Waals surface area contributed by atoms with E-state index in [-0.39, 0.29) is 41.8 Å². The number of aliphatic hydroxyl groups excluding tert-OH is 2. The Morgan fingerprint density at radius 1 is 1.10 bits per heavy atom. The van der Waals surface area contributed by atoms with E-state index in [1.165, 1.54) is 8.94 Å². The average Bonchev–Trinajstić information content (AvgIpc) is 2.05. The molecule has 0 aliphatic carbocycles. The van der Waals surface area contributed by atoms with Gasteiger partial charge < -0.3 is 0 Å². The molecule has 60 valence electrons. The predicted molar refractivity (Wildman–Crippen MR) is 42.8 cm³/mol. The summed E-state index contributed by atoms with van der Waals surface area (Å²) in [6, 6.07) is 0. The molecule has 0 spiro atoms. The molecule has 0 bridgehead atoms. The number of hydrogen-bond acceptors (Lipinski definition) is 2. The van der Waals surface area contributed by atoms with Gasteiger partial charge in [0.15, 0.2) is 0 Å². The Morgan fingerprint density at radius 3 is 2.00 bits per heavy atom. The van der Waals surface area contributed by atoms with Crippen molar-refractivity contribution in [1.82, 2.24) is 0 Å². The van der Waals surface area contributed by atoms with Gasteiger partial charge in [-0.05, 0) is 0 Å². The summed E-state index contributed by atoms with van der Waals surface area (Å²) >= 11 is 0.120. The maximum atomic E-state index is 8.88. The molecule has 2 atom stereocenters. The quantitative estimate of drug-likeness (QED) is 0.661. The molecule has 0 saturated carbocycles.